The molecule has 0 fully saturated rings. The highest BCUT2D eigenvalue weighted by Crippen LogP contribution is 2.11. The summed E-state index contributed by atoms with van der Waals surface area (Å²) in [5.74, 6) is 3.43. The highest BCUT2D eigenvalue weighted by atomic mass is 79.9. The second-order valence-corrected chi connectivity index (χ2v) is 4.12. The van der Waals surface area contributed by atoms with Gasteiger partial charge in [0.2, 0.25) is 11.5 Å². The second kappa shape index (κ2) is 7.34. The third kappa shape index (κ3) is 4.56. The highest BCUT2D eigenvalue weighted by molar-refractivity contribution is 9.10. The Balaban J connectivity index is 2.95. The number of nitrogens with zero attached hydrogens (tertiary/aromatic N) is 1. The summed E-state index contributed by atoms with van der Waals surface area (Å²) in [6.45, 7) is 0. The number of hydrogen-bond acceptors (Lipinski definition) is 5. The standard InChI is InChI=1S/C13H10BrNO4/c1-18-13(17)11(15-19-2)6-7-12(16)9-4-3-5-10(14)8-9/h3-5,8H,1-2H3. The van der Waals surface area contributed by atoms with Gasteiger partial charge in [-0.3, -0.25) is 4.79 Å². The van der Waals surface area contributed by atoms with Crippen molar-refractivity contribution in [3.05, 3.63) is 34.3 Å². The predicted octanol–water partition coefficient (Wildman–Crippen LogP) is 1.81. The first-order chi connectivity index (χ1) is 9.08. The van der Waals surface area contributed by atoms with Crippen molar-refractivity contribution < 1.29 is 19.2 Å². The van der Waals surface area contributed by atoms with E-state index in [0.29, 0.717) is 5.56 Å². The fraction of sp³-hybridized carbons (Fsp3) is 0.154. The molecule has 0 heterocycles. The van der Waals surface area contributed by atoms with Gasteiger partial charge in [0.05, 0.1) is 7.11 Å². The number of esters is 1. The van der Waals surface area contributed by atoms with Crippen molar-refractivity contribution in [2.24, 2.45) is 5.16 Å². The Kier molecular flexibility index (Phi) is 5.76. The molecule has 0 bridgehead atoms. The average molecular weight is 324 g/mol. The summed E-state index contributed by atoms with van der Waals surface area (Å²) >= 11 is 3.25. The van der Waals surface area contributed by atoms with Crippen LogP contribution in [-0.2, 0) is 14.4 Å². The van der Waals surface area contributed by atoms with E-state index in [-0.39, 0.29) is 5.71 Å². The number of halogens is 1. The minimum atomic E-state index is -0.767. The van der Waals surface area contributed by atoms with Gasteiger partial charge >= 0.3 is 5.97 Å². The van der Waals surface area contributed by atoms with Crippen LogP contribution in [0.4, 0.5) is 0 Å². The SMILES string of the molecule is CON=C(C#CC(=O)c1cccc(Br)c1)C(=O)OC. The van der Waals surface area contributed by atoms with E-state index in [2.05, 4.69) is 42.5 Å². The molecule has 0 amide bonds. The Morgan fingerprint density at radius 2 is 2.00 bits per heavy atom. The number of Topliss-reactive ketones (excluding diaryl/α,β-unsaturated/α-hetero) is 1. The summed E-state index contributed by atoms with van der Waals surface area (Å²) in [5.41, 5.74) is 0.136. The van der Waals surface area contributed by atoms with E-state index in [1.807, 2.05) is 0 Å². The zero-order valence-electron chi connectivity index (χ0n) is 10.3. The van der Waals surface area contributed by atoms with Crippen molar-refractivity contribution in [1.82, 2.24) is 0 Å². The van der Waals surface area contributed by atoms with E-state index >= 15 is 0 Å². The Morgan fingerprint density at radius 1 is 1.26 bits per heavy atom. The van der Waals surface area contributed by atoms with Gasteiger partial charge in [0.1, 0.15) is 7.11 Å². The molecule has 19 heavy (non-hydrogen) atoms. The van der Waals surface area contributed by atoms with Crippen LogP contribution in [0.3, 0.4) is 0 Å². The van der Waals surface area contributed by atoms with Gasteiger partial charge in [0.25, 0.3) is 0 Å². The number of rotatable bonds is 3. The molecule has 0 atom stereocenters. The minimum absolute atomic E-state index is 0.270. The predicted molar refractivity (Wildman–Crippen MR) is 72.7 cm³/mol. The first-order valence-corrected chi connectivity index (χ1v) is 5.89. The zero-order chi connectivity index (χ0) is 14.3. The lowest BCUT2D eigenvalue weighted by Gasteiger charge is -1.96. The van der Waals surface area contributed by atoms with Crippen LogP contribution < -0.4 is 0 Å². The molecule has 0 N–H and O–H groups in total. The molecule has 1 rings (SSSR count). The molecule has 0 spiro atoms. The summed E-state index contributed by atoms with van der Waals surface area (Å²) < 4.78 is 5.21. The van der Waals surface area contributed by atoms with E-state index in [1.54, 1.807) is 24.3 Å². The summed E-state index contributed by atoms with van der Waals surface area (Å²) in [6.07, 6.45) is 0. The van der Waals surface area contributed by atoms with Crippen molar-refractivity contribution >= 4 is 33.4 Å². The number of methoxy groups -OCH3 is 1. The van der Waals surface area contributed by atoms with Crippen LogP contribution >= 0.6 is 15.9 Å². The molecule has 0 saturated carbocycles. The molecule has 0 aliphatic carbocycles. The fourth-order valence-corrected chi connectivity index (χ4v) is 1.52. The second-order valence-electron chi connectivity index (χ2n) is 3.20. The third-order valence-electron chi connectivity index (χ3n) is 1.94. The lowest BCUT2D eigenvalue weighted by molar-refractivity contribution is -0.132. The molecule has 0 saturated heterocycles. The number of carbonyl (C=O) groups is 2. The molecule has 98 valence electrons. The monoisotopic (exact) mass is 323 g/mol. The summed E-state index contributed by atoms with van der Waals surface area (Å²) in [7, 11) is 2.45. The van der Waals surface area contributed by atoms with Gasteiger partial charge in [-0.15, -0.1) is 0 Å². The van der Waals surface area contributed by atoms with Gasteiger partial charge in [-0.1, -0.05) is 33.2 Å². The van der Waals surface area contributed by atoms with Gasteiger partial charge in [-0.2, -0.15) is 0 Å². The van der Waals surface area contributed by atoms with Crippen molar-refractivity contribution in [3.63, 3.8) is 0 Å². The van der Waals surface area contributed by atoms with Crippen molar-refractivity contribution in [1.29, 1.82) is 0 Å². The largest absolute Gasteiger partial charge is 0.464 e. The molecule has 1 aromatic carbocycles. The fourth-order valence-electron chi connectivity index (χ4n) is 1.12. The molecule has 6 heteroatoms. The van der Waals surface area contributed by atoms with Crippen LogP contribution in [0.15, 0.2) is 33.9 Å². The van der Waals surface area contributed by atoms with E-state index in [1.165, 1.54) is 14.2 Å². The van der Waals surface area contributed by atoms with Crippen LogP contribution in [0.2, 0.25) is 0 Å². The maximum atomic E-state index is 11.8. The van der Waals surface area contributed by atoms with Gasteiger partial charge in [0.15, 0.2) is 0 Å². The van der Waals surface area contributed by atoms with Gasteiger partial charge in [-0.25, -0.2) is 4.79 Å². The average Bonchev–Trinajstić information content (AvgIpc) is 2.42. The number of ketones is 1. The van der Waals surface area contributed by atoms with Crippen molar-refractivity contribution in [2.45, 2.75) is 0 Å². The first kappa shape index (κ1) is 14.9. The van der Waals surface area contributed by atoms with E-state index < -0.39 is 11.8 Å². The number of benzene rings is 1. The van der Waals surface area contributed by atoms with Crippen molar-refractivity contribution in [2.75, 3.05) is 14.2 Å². The number of ether oxygens (including phenoxy) is 1. The lowest BCUT2D eigenvalue weighted by Crippen LogP contribution is -2.14. The third-order valence-corrected chi connectivity index (χ3v) is 2.44. The van der Waals surface area contributed by atoms with Gasteiger partial charge in [0, 0.05) is 10.0 Å². The number of carbonyl (C=O) groups excluding carboxylic acids is 2. The maximum absolute atomic E-state index is 11.8. The molecule has 0 aliphatic heterocycles. The molecule has 5 nitrogen and oxygen atoms in total. The molecule has 0 unspecified atom stereocenters. The zero-order valence-corrected chi connectivity index (χ0v) is 11.9. The van der Waals surface area contributed by atoms with Gasteiger partial charge in [-0.05, 0) is 24.0 Å². The van der Waals surface area contributed by atoms with Crippen LogP contribution in [0.5, 0.6) is 0 Å². The normalized spacial score (nSPS) is 10.2. The first-order valence-electron chi connectivity index (χ1n) is 5.10. The van der Waals surface area contributed by atoms with Crippen molar-refractivity contribution in [3.8, 4) is 11.8 Å². The Hall–Kier alpha value is -2.13. The molecule has 0 radical (unpaired) electrons. The Morgan fingerprint density at radius 3 is 2.58 bits per heavy atom. The van der Waals surface area contributed by atoms with E-state index in [0.717, 1.165) is 4.47 Å². The molecular weight excluding hydrogens is 314 g/mol. The smallest absolute Gasteiger partial charge is 0.368 e. The quantitative estimate of drug-likeness (QED) is 0.212. The van der Waals surface area contributed by atoms with Crippen LogP contribution in [0.25, 0.3) is 0 Å². The Bertz CT molecular complexity index is 584. The summed E-state index contributed by atoms with van der Waals surface area (Å²) in [5, 5.41) is 3.39. The molecule has 0 aromatic heterocycles. The molecule has 1 aromatic rings. The lowest BCUT2D eigenvalue weighted by atomic mass is 10.1. The molecular formula is C13H10BrNO4. The number of hydrogen-bond donors (Lipinski definition) is 0. The van der Waals surface area contributed by atoms with Gasteiger partial charge < -0.3 is 9.57 Å². The minimum Gasteiger partial charge on any atom is -0.464 e. The number of oxime groups is 1. The Labute approximate surface area is 118 Å². The van der Waals surface area contributed by atoms with Crippen LogP contribution in [0.1, 0.15) is 10.4 Å². The van der Waals surface area contributed by atoms with E-state index in [4.69, 9.17) is 0 Å². The van der Waals surface area contributed by atoms with Crippen LogP contribution in [0, 0.1) is 11.8 Å². The topological polar surface area (TPSA) is 65.0 Å². The molecule has 0 aliphatic rings. The maximum Gasteiger partial charge on any atom is 0.368 e. The summed E-state index contributed by atoms with van der Waals surface area (Å²) in [4.78, 5) is 27.5. The highest BCUT2D eigenvalue weighted by Gasteiger charge is 2.10. The van der Waals surface area contributed by atoms with E-state index in [9.17, 15) is 9.59 Å². The van der Waals surface area contributed by atoms with Crippen LogP contribution in [-0.4, -0.2) is 31.7 Å². The summed E-state index contributed by atoms with van der Waals surface area (Å²) in [6, 6.07) is 6.75.